The number of aromatic nitrogens is 4. The van der Waals surface area contributed by atoms with Gasteiger partial charge in [-0.15, -0.1) is 0 Å². The number of carbonyl (C=O) groups is 1. The fraction of sp³-hybridized carbons (Fsp3) is 0.222. The molecule has 16 heavy (non-hydrogen) atoms. The fourth-order valence-electron chi connectivity index (χ4n) is 1.37. The average molecular weight is 220 g/mol. The monoisotopic (exact) mass is 220 g/mol. The molecule has 2 aromatic heterocycles. The summed E-state index contributed by atoms with van der Waals surface area (Å²) in [5.74, 6) is -0.257. The van der Waals surface area contributed by atoms with Gasteiger partial charge in [-0.05, 0) is 6.07 Å². The Bertz CT molecular complexity index is 467. The van der Waals surface area contributed by atoms with Crippen LogP contribution in [-0.4, -0.2) is 25.9 Å². The van der Waals surface area contributed by atoms with Gasteiger partial charge in [-0.1, -0.05) is 0 Å². The van der Waals surface area contributed by atoms with Crippen LogP contribution in [0, 0.1) is 0 Å². The summed E-state index contributed by atoms with van der Waals surface area (Å²) in [6, 6.07) is 1.78. The van der Waals surface area contributed by atoms with Gasteiger partial charge in [0, 0.05) is 13.2 Å². The van der Waals surface area contributed by atoms with E-state index in [1.54, 1.807) is 19.3 Å². The lowest BCUT2D eigenvalue weighted by Crippen LogP contribution is -2.26. The number of rotatable bonds is 3. The number of hydrogen-bond acceptors (Lipinski definition) is 4. The topological polar surface area (TPSA) is 102 Å². The lowest BCUT2D eigenvalue weighted by molar-refractivity contribution is 0.0942. The Labute approximate surface area is 91.6 Å². The normalized spacial score (nSPS) is 10.3. The summed E-state index contributed by atoms with van der Waals surface area (Å²) >= 11 is 0. The summed E-state index contributed by atoms with van der Waals surface area (Å²) in [5.41, 5.74) is 7.18. The van der Waals surface area contributed by atoms with Crippen LogP contribution in [-0.2, 0) is 13.6 Å². The van der Waals surface area contributed by atoms with Crippen LogP contribution in [0.15, 0.2) is 18.5 Å². The van der Waals surface area contributed by atoms with Crippen molar-refractivity contribution < 1.29 is 4.79 Å². The number of nitrogens with zero attached hydrogens (tertiary/aromatic N) is 3. The zero-order valence-corrected chi connectivity index (χ0v) is 8.77. The van der Waals surface area contributed by atoms with Crippen LogP contribution in [0.25, 0.3) is 0 Å². The van der Waals surface area contributed by atoms with Crippen molar-refractivity contribution in [3.8, 4) is 0 Å². The van der Waals surface area contributed by atoms with E-state index in [1.165, 1.54) is 10.9 Å². The standard InChI is InChI=1S/C9H12N6O/c1-15-8(7(10)5-13-15)9(16)11-4-6-2-3-12-14-6/h2-3,5H,4,10H2,1H3,(H,11,16)(H,12,14). The maximum Gasteiger partial charge on any atom is 0.272 e. The molecule has 0 saturated carbocycles. The van der Waals surface area contributed by atoms with Gasteiger partial charge < -0.3 is 11.1 Å². The third kappa shape index (κ3) is 1.88. The number of carbonyl (C=O) groups excluding carboxylic acids is 1. The first kappa shape index (κ1) is 10.2. The number of nitrogen functional groups attached to an aromatic ring is 1. The first-order valence-corrected chi connectivity index (χ1v) is 4.72. The Morgan fingerprint density at radius 3 is 3.06 bits per heavy atom. The van der Waals surface area contributed by atoms with E-state index in [9.17, 15) is 4.79 Å². The number of nitrogens with two attached hydrogens (primary N) is 1. The number of H-pyrrole nitrogens is 1. The van der Waals surface area contributed by atoms with Crippen LogP contribution in [0.2, 0.25) is 0 Å². The molecule has 0 atom stereocenters. The molecule has 2 aromatic rings. The van der Waals surface area contributed by atoms with Crippen molar-refractivity contribution in [3.05, 3.63) is 29.8 Å². The van der Waals surface area contributed by atoms with Crippen LogP contribution >= 0.6 is 0 Å². The Balaban J connectivity index is 2.04. The van der Waals surface area contributed by atoms with E-state index in [0.29, 0.717) is 17.9 Å². The maximum atomic E-state index is 11.8. The molecule has 2 heterocycles. The first-order chi connectivity index (χ1) is 7.68. The fourth-order valence-corrected chi connectivity index (χ4v) is 1.37. The molecule has 0 fully saturated rings. The second-order valence-corrected chi connectivity index (χ2v) is 3.34. The minimum absolute atomic E-state index is 0.257. The van der Waals surface area contributed by atoms with Crippen molar-refractivity contribution in [1.82, 2.24) is 25.3 Å². The van der Waals surface area contributed by atoms with E-state index in [-0.39, 0.29) is 5.91 Å². The SMILES string of the molecule is Cn1ncc(N)c1C(=O)NCc1ccn[nH]1. The number of aromatic amines is 1. The van der Waals surface area contributed by atoms with Gasteiger partial charge in [-0.25, -0.2) is 0 Å². The quantitative estimate of drug-likeness (QED) is 0.658. The van der Waals surface area contributed by atoms with Gasteiger partial charge in [0.1, 0.15) is 5.69 Å². The predicted molar refractivity (Wildman–Crippen MR) is 57.4 cm³/mol. The van der Waals surface area contributed by atoms with E-state index >= 15 is 0 Å². The minimum atomic E-state index is -0.257. The van der Waals surface area contributed by atoms with Crippen molar-refractivity contribution in [2.24, 2.45) is 7.05 Å². The van der Waals surface area contributed by atoms with Crippen LogP contribution < -0.4 is 11.1 Å². The molecule has 0 aromatic carbocycles. The van der Waals surface area contributed by atoms with Crippen LogP contribution in [0.5, 0.6) is 0 Å². The average Bonchev–Trinajstić information content (AvgIpc) is 2.86. The summed E-state index contributed by atoms with van der Waals surface area (Å²) in [4.78, 5) is 11.8. The van der Waals surface area contributed by atoms with Crippen molar-refractivity contribution in [1.29, 1.82) is 0 Å². The summed E-state index contributed by atoms with van der Waals surface area (Å²) in [5, 5.41) is 13.1. The number of amides is 1. The molecule has 7 nitrogen and oxygen atoms in total. The number of aryl methyl sites for hydroxylation is 1. The molecule has 0 aliphatic heterocycles. The van der Waals surface area contributed by atoms with E-state index in [2.05, 4.69) is 20.6 Å². The van der Waals surface area contributed by atoms with Gasteiger partial charge in [0.15, 0.2) is 0 Å². The third-order valence-corrected chi connectivity index (χ3v) is 2.18. The molecule has 0 radical (unpaired) electrons. The van der Waals surface area contributed by atoms with Gasteiger partial charge in [0.05, 0.1) is 24.1 Å². The molecule has 0 bridgehead atoms. The third-order valence-electron chi connectivity index (χ3n) is 2.18. The largest absolute Gasteiger partial charge is 0.396 e. The Morgan fingerprint density at radius 1 is 1.69 bits per heavy atom. The number of anilines is 1. The first-order valence-electron chi connectivity index (χ1n) is 4.72. The molecular formula is C9H12N6O. The smallest absolute Gasteiger partial charge is 0.272 e. The second kappa shape index (κ2) is 4.05. The highest BCUT2D eigenvalue weighted by Gasteiger charge is 2.14. The molecule has 84 valence electrons. The van der Waals surface area contributed by atoms with Crippen molar-refractivity contribution in [2.45, 2.75) is 6.54 Å². The van der Waals surface area contributed by atoms with E-state index in [4.69, 9.17) is 5.73 Å². The van der Waals surface area contributed by atoms with Gasteiger partial charge in [-0.3, -0.25) is 14.6 Å². The molecule has 1 amide bonds. The van der Waals surface area contributed by atoms with Gasteiger partial charge >= 0.3 is 0 Å². The zero-order valence-electron chi connectivity index (χ0n) is 8.77. The summed E-state index contributed by atoms with van der Waals surface area (Å²) in [7, 11) is 1.67. The number of hydrogen-bond donors (Lipinski definition) is 3. The maximum absolute atomic E-state index is 11.8. The van der Waals surface area contributed by atoms with Crippen LogP contribution in [0.4, 0.5) is 5.69 Å². The molecule has 4 N–H and O–H groups in total. The molecule has 0 aliphatic rings. The number of nitrogens with one attached hydrogen (secondary N) is 2. The summed E-state index contributed by atoms with van der Waals surface area (Å²) in [6.07, 6.45) is 3.07. The van der Waals surface area contributed by atoms with E-state index in [0.717, 1.165) is 5.69 Å². The Kier molecular flexibility index (Phi) is 2.59. The molecule has 0 aliphatic carbocycles. The molecule has 7 heteroatoms. The highest BCUT2D eigenvalue weighted by atomic mass is 16.2. The minimum Gasteiger partial charge on any atom is -0.396 e. The summed E-state index contributed by atoms with van der Waals surface area (Å²) < 4.78 is 1.44. The van der Waals surface area contributed by atoms with Crippen molar-refractivity contribution in [2.75, 3.05) is 5.73 Å². The Morgan fingerprint density at radius 2 is 2.50 bits per heavy atom. The van der Waals surface area contributed by atoms with Crippen molar-refractivity contribution >= 4 is 11.6 Å². The molecule has 2 rings (SSSR count). The van der Waals surface area contributed by atoms with E-state index in [1.807, 2.05) is 0 Å². The lowest BCUT2D eigenvalue weighted by Gasteiger charge is -2.04. The molecule has 0 unspecified atom stereocenters. The Hall–Kier alpha value is -2.31. The van der Waals surface area contributed by atoms with Crippen molar-refractivity contribution in [3.63, 3.8) is 0 Å². The van der Waals surface area contributed by atoms with Crippen LogP contribution in [0.3, 0.4) is 0 Å². The van der Waals surface area contributed by atoms with Gasteiger partial charge in [0.25, 0.3) is 5.91 Å². The van der Waals surface area contributed by atoms with Gasteiger partial charge in [0.2, 0.25) is 0 Å². The second-order valence-electron chi connectivity index (χ2n) is 3.34. The van der Waals surface area contributed by atoms with Gasteiger partial charge in [-0.2, -0.15) is 10.2 Å². The highest BCUT2D eigenvalue weighted by Crippen LogP contribution is 2.08. The summed E-state index contributed by atoms with van der Waals surface area (Å²) in [6.45, 7) is 0.378. The molecule has 0 saturated heterocycles. The predicted octanol–water partition coefficient (Wildman–Crippen LogP) is -0.345. The lowest BCUT2D eigenvalue weighted by atomic mass is 10.3. The molecule has 0 spiro atoms. The zero-order chi connectivity index (χ0) is 11.5. The van der Waals surface area contributed by atoms with E-state index < -0.39 is 0 Å². The highest BCUT2D eigenvalue weighted by molar-refractivity contribution is 5.97. The molecular weight excluding hydrogens is 208 g/mol. The van der Waals surface area contributed by atoms with Crippen LogP contribution in [0.1, 0.15) is 16.2 Å².